The number of pyridine rings is 1. The number of fused-ring (bicyclic) bond motifs is 1. The molecular formula is C11H10BrNO. The lowest BCUT2D eigenvalue weighted by molar-refractivity contribution is 1.22. The van der Waals surface area contributed by atoms with E-state index < -0.39 is 0 Å². The van der Waals surface area contributed by atoms with Gasteiger partial charge in [-0.2, -0.15) is 0 Å². The zero-order valence-corrected chi connectivity index (χ0v) is 9.60. The van der Waals surface area contributed by atoms with Crippen molar-refractivity contribution in [2.75, 3.05) is 0 Å². The summed E-state index contributed by atoms with van der Waals surface area (Å²) >= 11 is 3.27. The van der Waals surface area contributed by atoms with Crippen molar-refractivity contribution in [1.82, 2.24) is 4.98 Å². The Morgan fingerprint density at radius 2 is 1.79 bits per heavy atom. The van der Waals surface area contributed by atoms with E-state index in [9.17, 15) is 4.79 Å². The number of halogens is 1. The predicted molar refractivity (Wildman–Crippen MR) is 61.7 cm³/mol. The highest BCUT2D eigenvalue weighted by Crippen LogP contribution is 2.18. The fraction of sp³-hybridized carbons (Fsp3) is 0.182. The molecule has 0 bridgehead atoms. The summed E-state index contributed by atoms with van der Waals surface area (Å²) in [6.45, 7) is 4.06. The smallest absolute Gasteiger partial charge is 0.256 e. The van der Waals surface area contributed by atoms with Gasteiger partial charge in [-0.1, -0.05) is 6.07 Å². The van der Waals surface area contributed by atoms with Crippen molar-refractivity contribution < 1.29 is 0 Å². The summed E-state index contributed by atoms with van der Waals surface area (Å²) in [6, 6.07) is 5.88. The van der Waals surface area contributed by atoms with Crippen LogP contribution in [0.1, 0.15) is 11.1 Å². The fourth-order valence-electron chi connectivity index (χ4n) is 1.50. The molecular weight excluding hydrogens is 242 g/mol. The van der Waals surface area contributed by atoms with E-state index in [2.05, 4.69) is 20.9 Å². The highest BCUT2D eigenvalue weighted by Gasteiger charge is 2.02. The molecule has 2 nitrogen and oxygen atoms in total. The number of aryl methyl sites for hydroxylation is 2. The molecule has 1 heterocycles. The summed E-state index contributed by atoms with van der Waals surface area (Å²) in [5.41, 5.74) is 2.30. The second-order valence-electron chi connectivity index (χ2n) is 3.47. The number of aromatic nitrogens is 1. The van der Waals surface area contributed by atoms with Crippen LogP contribution in [0.15, 0.2) is 27.6 Å². The molecule has 0 saturated carbocycles. The van der Waals surface area contributed by atoms with Crippen molar-refractivity contribution in [1.29, 1.82) is 0 Å². The first kappa shape index (κ1) is 9.46. The van der Waals surface area contributed by atoms with Gasteiger partial charge in [0.05, 0.1) is 4.60 Å². The molecule has 1 aromatic carbocycles. The summed E-state index contributed by atoms with van der Waals surface area (Å²) in [7, 11) is 0. The number of hydrogen-bond donors (Lipinski definition) is 1. The van der Waals surface area contributed by atoms with Gasteiger partial charge in [0.25, 0.3) is 5.56 Å². The van der Waals surface area contributed by atoms with Gasteiger partial charge < -0.3 is 4.98 Å². The van der Waals surface area contributed by atoms with E-state index >= 15 is 0 Å². The van der Waals surface area contributed by atoms with E-state index in [1.807, 2.05) is 32.0 Å². The molecule has 0 amide bonds. The van der Waals surface area contributed by atoms with Crippen LogP contribution in [0.3, 0.4) is 0 Å². The Bertz CT molecular complexity index is 557. The number of aromatic amines is 1. The molecule has 3 heteroatoms. The van der Waals surface area contributed by atoms with Gasteiger partial charge in [-0.25, -0.2) is 0 Å². The minimum absolute atomic E-state index is 0.0440. The van der Waals surface area contributed by atoms with Crippen LogP contribution >= 0.6 is 15.9 Å². The van der Waals surface area contributed by atoms with Crippen LogP contribution in [0.5, 0.6) is 0 Å². The normalized spacial score (nSPS) is 10.8. The highest BCUT2D eigenvalue weighted by molar-refractivity contribution is 9.10. The molecule has 1 N–H and O–H groups in total. The maximum Gasteiger partial charge on any atom is 0.256 e. The zero-order chi connectivity index (χ0) is 10.3. The molecule has 0 fully saturated rings. The molecule has 2 rings (SSSR count). The van der Waals surface area contributed by atoms with Crippen LogP contribution in [-0.4, -0.2) is 4.98 Å². The molecule has 0 aliphatic rings. The van der Waals surface area contributed by atoms with Crippen LogP contribution in [0, 0.1) is 13.8 Å². The van der Waals surface area contributed by atoms with Gasteiger partial charge in [-0.15, -0.1) is 0 Å². The minimum Gasteiger partial charge on any atom is -0.316 e. The SMILES string of the molecule is Cc1cc2cc(Br)[nH]c(=O)c2cc1C. The lowest BCUT2D eigenvalue weighted by atomic mass is 10.0. The zero-order valence-electron chi connectivity index (χ0n) is 8.02. The van der Waals surface area contributed by atoms with Gasteiger partial charge in [-0.05, 0) is 58.4 Å². The Hall–Kier alpha value is -1.09. The average Bonchev–Trinajstić information content (AvgIpc) is 2.08. The number of benzene rings is 1. The Kier molecular flexibility index (Phi) is 2.19. The molecule has 0 saturated heterocycles. The van der Waals surface area contributed by atoms with Gasteiger partial charge in [0.2, 0.25) is 0 Å². The number of rotatable bonds is 0. The van der Waals surface area contributed by atoms with Crippen molar-refractivity contribution in [2.24, 2.45) is 0 Å². The van der Waals surface area contributed by atoms with E-state index in [0.717, 1.165) is 20.9 Å². The molecule has 1 aromatic heterocycles. The first-order valence-electron chi connectivity index (χ1n) is 4.38. The average molecular weight is 252 g/mol. The largest absolute Gasteiger partial charge is 0.316 e. The first-order valence-corrected chi connectivity index (χ1v) is 5.17. The highest BCUT2D eigenvalue weighted by atomic mass is 79.9. The number of nitrogens with one attached hydrogen (secondary N) is 1. The van der Waals surface area contributed by atoms with Gasteiger partial charge in [0, 0.05) is 5.39 Å². The summed E-state index contributed by atoms with van der Waals surface area (Å²) in [5, 5.41) is 1.72. The summed E-state index contributed by atoms with van der Waals surface area (Å²) < 4.78 is 0.721. The first-order chi connectivity index (χ1) is 6.58. The maximum absolute atomic E-state index is 11.6. The quantitative estimate of drug-likeness (QED) is 0.718. The van der Waals surface area contributed by atoms with Gasteiger partial charge in [0.1, 0.15) is 0 Å². The molecule has 72 valence electrons. The van der Waals surface area contributed by atoms with Crippen molar-refractivity contribution in [3.05, 3.63) is 44.3 Å². The molecule has 0 radical (unpaired) electrons. The van der Waals surface area contributed by atoms with E-state index in [0.29, 0.717) is 0 Å². The third kappa shape index (κ3) is 1.48. The Labute approximate surface area is 90.1 Å². The second kappa shape index (κ2) is 3.24. The topological polar surface area (TPSA) is 32.9 Å². The van der Waals surface area contributed by atoms with E-state index in [1.165, 1.54) is 5.56 Å². The van der Waals surface area contributed by atoms with Crippen LogP contribution < -0.4 is 5.56 Å². The molecule has 0 spiro atoms. The van der Waals surface area contributed by atoms with E-state index in [-0.39, 0.29) is 5.56 Å². The second-order valence-corrected chi connectivity index (χ2v) is 4.32. The summed E-state index contributed by atoms with van der Waals surface area (Å²) in [5.74, 6) is 0. The standard InChI is InChI=1S/C11H10BrNO/c1-6-3-8-5-10(12)13-11(14)9(8)4-7(6)2/h3-5H,1-2H3,(H,13,14). The Balaban J connectivity index is 2.96. The van der Waals surface area contributed by atoms with Crippen LogP contribution in [0.4, 0.5) is 0 Å². The lowest BCUT2D eigenvalue weighted by Gasteiger charge is -2.03. The fourth-order valence-corrected chi connectivity index (χ4v) is 1.93. The third-order valence-electron chi connectivity index (χ3n) is 2.43. The van der Waals surface area contributed by atoms with Gasteiger partial charge in [-0.3, -0.25) is 4.79 Å². The van der Waals surface area contributed by atoms with Crippen LogP contribution in [-0.2, 0) is 0 Å². The van der Waals surface area contributed by atoms with E-state index in [1.54, 1.807) is 0 Å². The van der Waals surface area contributed by atoms with Gasteiger partial charge in [0.15, 0.2) is 0 Å². The summed E-state index contributed by atoms with van der Waals surface area (Å²) in [4.78, 5) is 14.3. The Morgan fingerprint density at radius 3 is 2.50 bits per heavy atom. The predicted octanol–water partition coefficient (Wildman–Crippen LogP) is 2.91. The molecule has 0 aliphatic carbocycles. The van der Waals surface area contributed by atoms with Crippen LogP contribution in [0.25, 0.3) is 10.8 Å². The lowest BCUT2D eigenvalue weighted by Crippen LogP contribution is -2.06. The van der Waals surface area contributed by atoms with E-state index in [4.69, 9.17) is 0 Å². The minimum atomic E-state index is -0.0440. The monoisotopic (exact) mass is 251 g/mol. The number of hydrogen-bond acceptors (Lipinski definition) is 1. The van der Waals surface area contributed by atoms with Crippen molar-refractivity contribution in [3.63, 3.8) is 0 Å². The molecule has 0 unspecified atom stereocenters. The van der Waals surface area contributed by atoms with Gasteiger partial charge >= 0.3 is 0 Å². The number of H-pyrrole nitrogens is 1. The van der Waals surface area contributed by atoms with Crippen molar-refractivity contribution in [3.8, 4) is 0 Å². The van der Waals surface area contributed by atoms with Crippen molar-refractivity contribution in [2.45, 2.75) is 13.8 Å². The Morgan fingerprint density at radius 1 is 1.14 bits per heavy atom. The molecule has 2 aromatic rings. The summed E-state index contributed by atoms with van der Waals surface area (Å²) in [6.07, 6.45) is 0. The van der Waals surface area contributed by atoms with Crippen LogP contribution in [0.2, 0.25) is 0 Å². The molecule has 14 heavy (non-hydrogen) atoms. The molecule has 0 atom stereocenters. The third-order valence-corrected chi connectivity index (χ3v) is 2.85. The molecule has 0 aliphatic heterocycles. The maximum atomic E-state index is 11.6. The van der Waals surface area contributed by atoms with Crippen molar-refractivity contribution >= 4 is 26.7 Å².